The number of cyclic esters (lactones) is 1. The zero-order chi connectivity index (χ0) is 34.5. The molecule has 0 aromatic heterocycles. The van der Waals surface area contributed by atoms with Crippen molar-refractivity contribution in [1.82, 2.24) is 21.1 Å². The number of benzene rings is 3. The molecule has 254 valence electrons. The van der Waals surface area contributed by atoms with E-state index in [0.717, 1.165) is 42.8 Å². The summed E-state index contributed by atoms with van der Waals surface area (Å²) >= 11 is 5.47. The highest BCUT2D eigenvalue weighted by Crippen LogP contribution is 2.57. The fourth-order valence-electron chi connectivity index (χ4n) is 5.85. The molecule has 0 radical (unpaired) electrons. The van der Waals surface area contributed by atoms with Gasteiger partial charge in [-0.05, 0) is 61.5 Å². The van der Waals surface area contributed by atoms with E-state index in [4.69, 9.17) is 26.4 Å². The average Bonchev–Trinajstić information content (AvgIpc) is 3.60. The number of aromatic hydroxyl groups is 2. The maximum atomic E-state index is 13.3. The van der Waals surface area contributed by atoms with Gasteiger partial charge in [0.2, 0.25) is 5.91 Å². The van der Waals surface area contributed by atoms with Gasteiger partial charge in [-0.15, -0.1) is 0 Å². The summed E-state index contributed by atoms with van der Waals surface area (Å²) in [7, 11) is 0. The number of nitrogens with one attached hydrogen (secondary N) is 4. The van der Waals surface area contributed by atoms with Crippen molar-refractivity contribution in [2.45, 2.75) is 31.3 Å². The SMILES string of the molecule is O=C(/C=C/C(=O)NN1CCOC1=O)NCCCCCCNC(=S)Nc1ccc2c(c1)C(=O)OC21c2ccc(O)cc2Oc2cc(O)ccc21. The van der Waals surface area contributed by atoms with E-state index < -0.39 is 29.5 Å². The smallest absolute Gasteiger partial charge is 0.428 e. The summed E-state index contributed by atoms with van der Waals surface area (Å²) in [4.78, 5) is 48.4. The van der Waals surface area contributed by atoms with Crippen molar-refractivity contribution < 1.29 is 43.6 Å². The minimum absolute atomic E-state index is 0.0189. The summed E-state index contributed by atoms with van der Waals surface area (Å²) in [6, 6.07) is 14.5. The standard InChI is InChI=1S/C34H33N5O9S/c40-21-6-9-25-27(18-21)47-28-19-22(41)7-10-26(28)34(25)24-8-5-20(17-23(24)31(44)48-34)37-32(49)36-14-4-2-1-3-13-35-29(42)11-12-30(43)38-39-15-16-46-33(39)45/h5-12,17-19,40-41H,1-4,13-16H2,(H,35,42)(H,38,43)(H2,36,37,49)/b12-11+. The molecule has 3 amide bonds. The molecule has 49 heavy (non-hydrogen) atoms. The maximum Gasteiger partial charge on any atom is 0.428 e. The Morgan fingerprint density at radius 1 is 0.837 bits per heavy atom. The highest BCUT2D eigenvalue weighted by atomic mass is 32.1. The van der Waals surface area contributed by atoms with E-state index in [0.29, 0.717) is 57.6 Å². The normalized spacial score (nSPS) is 15.1. The third kappa shape index (κ3) is 7.06. The number of thiocarbonyl (C=S) groups is 1. The van der Waals surface area contributed by atoms with Crippen molar-refractivity contribution in [2.75, 3.05) is 31.6 Å². The predicted octanol–water partition coefficient (Wildman–Crippen LogP) is 3.67. The molecule has 3 aliphatic heterocycles. The molecular formula is C34H33N5O9S. The minimum atomic E-state index is -1.34. The summed E-state index contributed by atoms with van der Waals surface area (Å²) in [5, 5.41) is 30.6. The number of ether oxygens (including phenoxy) is 3. The second kappa shape index (κ2) is 14.1. The van der Waals surface area contributed by atoms with E-state index in [9.17, 15) is 29.4 Å². The fraction of sp³-hybridized carbons (Fsp3) is 0.265. The Bertz CT molecular complexity index is 1810. The van der Waals surface area contributed by atoms with Crippen molar-refractivity contribution in [3.05, 3.63) is 89.0 Å². The van der Waals surface area contributed by atoms with E-state index in [1.165, 1.54) is 24.3 Å². The van der Waals surface area contributed by atoms with E-state index in [-0.39, 0.29) is 24.7 Å². The first-order valence-corrected chi connectivity index (χ1v) is 16.0. The molecule has 1 saturated heterocycles. The van der Waals surface area contributed by atoms with Gasteiger partial charge in [-0.2, -0.15) is 0 Å². The molecule has 0 atom stereocenters. The van der Waals surface area contributed by atoms with Crippen LogP contribution in [0.3, 0.4) is 0 Å². The molecule has 0 aliphatic carbocycles. The lowest BCUT2D eigenvalue weighted by molar-refractivity contribution is -0.120. The number of carbonyl (C=O) groups excluding carboxylic acids is 4. The van der Waals surface area contributed by atoms with Gasteiger partial charge in [0.1, 0.15) is 29.6 Å². The summed E-state index contributed by atoms with van der Waals surface area (Å²) < 4.78 is 16.8. The second-order valence-electron chi connectivity index (χ2n) is 11.5. The fourth-order valence-corrected chi connectivity index (χ4v) is 6.07. The minimum Gasteiger partial charge on any atom is -0.508 e. The zero-order valence-electron chi connectivity index (χ0n) is 26.1. The number of fused-ring (bicyclic) bond motifs is 6. The van der Waals surface area contributed by atoms with Crippen LogP contribution in [0.1, 0.15) is 52.7 Å². The molecule has 0 bridgehead atoms. The topological polar surface area (TPSA) is 188 Å². The maximum absolute atomic E-state index is 13.3. The van der Waals surface area contributed by atoms with Crippen LogP contribution in [0, 0.1) is 0 Å². The monoisotopic (exact) mass is 687 g/mol. The van der Waals surface area contributed by atoms with Crippen molar-refractivity contribution >= 4 is 46.9 Å². The summed E-state index contributed by atoms with van der Waals surface area (Å²) in [6.07, 6.45) is 4.88. The lowest BCUT2D eigenvalue weighted by Crippen LogP contribution is -2.42. The van der Waals surface area contributed by atoms with Crippen LogP contribution in [0.4, 0.5) is 10.5 Å². The number of rotatable bonds is 11. The Kier molecular flexibility index (Phi) is 9.53. The number of hydrogen-bond donors (Lipinski definition) is 6. The lowest BCUT2D eigenvalue weighted by Gasteiger charge is -2.36. The molecular weight excluding hydrogens is 654 g/mol. The molecule has 6 rings (SSSR count). The number of nitrogens with zero attached hydrogens (tertiary/aromatic N) is 1. The predicted molar refractivity (Wildman–Crippen MR) is 179 cm³/mol. The first-order chi connectivity index (χ1) is 23.6. The molecule has 6 N–H and O–H groups in total. The Hall–Kier alpha value is -5.83. The van der Waals surface area contributed by atoms with Gasteiger partial charge in [0.05, 0.1) is 12.1 Å². The van der Waals surface area contributed by atoms with Crippen molar-refractivity contribution in [3.8, 4) is 23.0 Å². The van der Waals surface area contributed by atoms with Gasteiger partial charge in [0.25, 0.3) is 5.91 Å². The number of carbonyl (C=O) groups is 4. The van der Waals surface area contributed by atoms with Crippen LogP contribution in [0.15, 0.2) is 66.7 Å². The molecule has 3 aromatic carbocycles. The largest absolute Gasteiger partial charge is 0.508 e. The number of hydrogen-bond acceptors (Lipinski definition) is 10. The van der Waals surface area contributed by atoms with Crippen LogP contribution < -0.4 is 26.1 Å². The van der Waals surface area contributed by atoms with Crippen LogP contribution in [-0.2, 0) is 24.7 Å². The molecule has 0 unspecified atom stereocenters. The average molecular weight is 688 g/mol. The van der Waals surface area contributed by atoms with E-state index in [1.54, 1.807) is 30.3 Å². The first kappa shape index (κ1) is 33.1. The first-order valence-electron chi connectivity index (χ1n) is 15.6. The van der Waals surface area contributed by atoms with Gasteiger partial charge in [-0.3, -0.25) is 15.0 Å². The molecule has 3 aromatic rings. The molecule has 1 fully saturated rings. The van der Waals surface area contributed by atoms with Crippen LogP contribution >= 0.6 is 12.2 Å². The summed E-state index contributed by atoms with van der Waals surface area (Å²) in [5.74, 6) is -0.975. The third-order valence-corrected chi connectivity index (χ3v) is 8.36. The molecule has 1 spiro atoms. The molecule has 3 heterocycles. The molecule has 14 nitrogen and oxygen atoms in total. The number of esters is 1. The number of amides is 3. The number of hydrazine groups is 1. The Morgan fingerprint density at radius 3 is 2.12 bits per heavy atom. The molecule has 15 heteroatoms. The highest BCUT2D eigenvalue weighted by Gasteiger charge is 2.53. The number of anilines is 1. The van der Waals surface area contributed by atoms with Gasteiger partial charge in [0, 0.05) is 59.8 Å². The van der Waals surface area contributed by atoms with E-state index in [1.807, 2.05) is 0 Å². The Morgan fingerprint density at radius 2 is 1.47 bits per heavy atom. The van der Waals surface area contributed by atoms with Crippen molar-refractivity contribution in [3.63, 3.8) is 0 Å². The number of phenols is 2. The Labute approximate surface area is 286 Å². The Balaban J connectivity index is 0.958. The van der Waals surface area contributed by atoms with Crippen molar-refractivity contribution in [2.24, 2.45) is 0 Å². The van der Waals surface area contributed by atoms with Gasteiger partial charge in [-0.25, -0.2) is 14.6 Å². The summed E-state index contributed by atoms with van der Waals surface area (Å²) in [6.45, 7) is 1.52. The highest BCUT2D eigenvalue weighted by molar-refractivity contribution is 7.80. The number of unbranched alkanes of at least 4 members (excludes halogenated alkanes) is 3. The second-order valence-corrected chi connectivity index (χ2v) is 11.9. The number of phenolic OH excluding ortho intramolecular Hbond substituents is 2. The van der Waals surface area contributed by atoms with Gasteiger partial charge >= 0.3 is 12.1 Å². The lowest BCUT2D eigenvalue weighted by atomic mass is 9.77. The molecule has 0 saturated carbocycles. The third-order valence-electron chi connectivity index (χ3n) is 8.11. The van der Waals surface area contributed by atoms with E-state index in [2.05, 4.69) is 21.4 Å². The zero-order valence-corrected chi connectivity index (χ0v) is 26.9. The van der Waals surface area contributed by atoms with Crippen LogP contribution in [0.25, 0.3) is 0 Å². The quantitative estimate of drug-likeness (QED) is 0.0745. The van der Waals surface area contributed by atoms with Crippen LogP contribution in [-0.4, -0.2) is 70.5 Å². The van der Waals surface area contributed by atoms with Gasteiger partial charge < -0.3 is 40.4 Å². The van der Waals surface area contributed by atoms with Gasteiger partial charge in [0.15, 0.2) is 10.7 Å². The van der Waals surface area contributed by atoms with Crippen molar-refractivity contribution in [1.29, 1.82) is 0 Å². The van der Waals surface area contributed by atoms with Crippen LogP contribution in [0.2, 0.25) is 0 Å². The van der Waals surface area contributed by atoms with E-state index >= 15 is 0 Å². The van der Waals surface area contributed by atoms with Gasteiger partial charge in [-0.1, -0.05) is 18.9 Å². The molecule has 3 aliphatic rings. The summed E-state index contributed by atoms with van der Waals surface area (Å²) in [5.41, 5.74) is 3.60. The van der Waals surface area contributed by atoms with Crippen LogP contribution in [0.5, 0.6) is 23.0 Å².